The van der Waals surface area contributed by atoms with E-state index in [-0.39, 0.29) is 0 Å². The first-order chi connectivity index (χ1) is 11.6. The zero-order valence-electron chi connectivity index (χ0n) is 14.6. The van der Waals surface area contributed by atoms with Crippen molar-refractivity contribution < 1.29 is 9.26 Å². The zero-order chi connectivity index (χ0) is 17.1. The average Bonchev–Trinajstić information content (AvgIpc) is 3.02. The normalized spacial score (nSPS) is 16.5. The number of methoxy groups -OCH3 is 1. The smallest absolute Gasteiger partial charge is 0.241 e. The number of likely N-dealkylation sites (tertiary alicyclic amines) is 1. The first-order valence-corrected chi connectivity index (χ1v) is 8.38. The Morgan fingerprint density at radius 2 is 2.04 bits per heavy atom. The quantitative estimate of drug-likeness (QED) is 0.895. The SMILES string of the molecule is COc1nc(C)cc(C)c1-c1noc(CN2CCC(CN)CC2)n1. The standard InChI is InChI=1S/C17H25N5O2/c1-11-8-12(2)19-17(23-3)15(11)16-20-14(24-21-16)10-22-6-4-13(9-18)5-7-22/h8,13H,4-7,9-10,18H2,1-3H3. The summed E-state index contributed by atoms with van der Waals surface area (Å²) in [5, 5.41) is 4.13. The van der Waals surface area contributed by atoms with Crippen LogP contribution in [-0.2, 0) is 6.54 Å². The van der Waals surface area contributed by atoms with Crippen LogP contribution < -0.4 is 10.5 Å². The summed E-state index contributed by atoms with van der Waals surface area (Å²) < 4.78 is 10.8. The molecule has 1 aliphatic rings. The molecule has 1 fully saturated rings. The lowest BCUT2D eigenvalue weighted by Crippen LogP contribution is -2.35. The van der Waals surface area contributed by atoms with E-state index in [1.165, 1.54) is 0 Å². The molecule has 3 rings (SSSR count). The molecular formula is C17H25N5O2. The van der Waals surface area contributed by atoms with E-state index in [0.29, 0.717) is 30.1 Å². The highest BCUT2D eigenvalue weighted by molar-refractivity contribution is 5.65. The van der Waals surface area contributed by atoms with Crippen molar-refractivity contribution in [1.29, 1.82) is 0 Å². The molecule has 0 aliphatic carbocycles. The zero-order valence-corrected chi connectivity index (χ0v) is 14.6. The fourth-order valence-electron chi connectivity index (χ4n) is 3.21. The van der Waals surface area contributed by atoms with Crippen molar-refractivity contribution in [2.75, 3.05) is 26.7 Å². The van der Waals surface area contributed by atoms with Gasteiger partial charge < -0.3 is 15.0 Å². The highest BCUT2D eigenvalue weighted by atomic mass is 16.5. The van der Waals surface area contributed by atoms with Gasteiger partial charge in [-0.25, -0.2) is 4.98 Å². The lowest BCUT2D eigenvalue weighted by molar-refractivity contribution is 0.161. The van der Waals surface area contributed by atoms with Crippen LogP contribution in [0.25, 0.3) is 11.4 Å². The Morgan fingerprint density at radius 1 is 1.29 bits per heavy atom. The summed E-state index contributed by atoms with van der Waals surface area (Å²) in [7, 11) is 1.60. The van der Waals surface area contributed by atoms with Crippen molar-refractivity contribution in [3.8, 4) is 17.3 Å². The lowest BCUT2D eigenvalue weighted by atomic mass is 9.97. The third-order valence-corrected chi connectivity index (χ3v) is 4.60. The second-order valence-electron chi connectivity index (χ2n) is 6.43. The van der Waals surface area contributed by atoms with Gasteiger partial charge in [0.2, 0.25) is 17.6 Å². The van der Waals surface area contributed by atoms with E-state index in [9.17, 15) is 0 Å². The molecule has 24 heavy (non-hydrogen) atoms. The van der Waals surface area contributed by atoms with Gasteiger partial charge >= 0.3 is 0 Å². The monoisotopic (exact) mass is 331 g/mol. The summed E-state index contributed by atoms with van der Waals surface area (Å²) in [5.74, 6) is 2.33. The van der Waals surface area contributed by atoms with E-state index in [0.717, 1.165) is 49.3 Å². The van der Waals surface area contributed by atoms with Crippen LogP contribution in [0.4, 0.5) is 0 Å². The number of ether oxygens (including phenoxy) is 1. The first kappa shape index (κ1) is 16.9. The molecule has 130 valence electrons. The molecule has 7 nitrogen and oxygen atoms in total. The maximum absolute atomic E-state index is 5.74. The minimum atomic E-state index is 0.531. The molecule has 2 aromatic rings. The Labute approximate surface area is 142 Å². The van der Waals surface area contributed by atoms with Gasteiger partial charge in [-0.3, -0.25) is 4.90 Å². The number of aromatic nitrogens is 3. The van der Waals surface area contributed by atoms with Crippen molar-refractivity contribution in [2.45, 2.75) is 33.2 Å². The van der Waals surface area contributed by atoms with Gasteiger partial charge in [-0.15, -0.1) is 0 Å². The Hall–Kier alpha value is -1.99. The number of pyridine rings is 1. The van der Waals surface area contributed by atoms with Gasteiger partial charge in [0.25, 0.3) is 0 Å². The van der Waals surface area contributed by atoms with E-state index >= 15 is 0 Å². The molecule has 0 spiro atoms. The highest BCUT2D eigenvalue weighted by Crippen LogP contribution is 2.30. The fraction of sp³-hybridized carbons (Fsp3) is 0.588. The topological polar surface area (TPSA) is 90.3 Å². The number of hydrogen-bond donors (Lipinski definition) is 1. The Balaban J connectivity index is 1.75. The number of hydrogen-bond acceptors (Lipinski definition) is 7. The van der Waals surface area contributed by atoms with Gasteiger partial charge in [-0.2, -0.15) is 4.98 Å². The van der Waals surface area contributed by atoms with Crippen molar-refractivity contribution in [2.24, 2.45) is 11.7 Å². The van der Waals surface area contributed by atoms with Crippen LogP contribution in [0.1, 0.15) is 30.0 Å². The van der Waals surface area contributed by atoms with E-state index in [2.05, 4.69) is 20.0 Å². The first-order valence-electron chi connectivity index (χ1n) is 8.38. The fourth-order valence-corrected chi connectivity index (χ4v) is 3.21. The molecule has 2 N–H and O–H groups in total. The summed E-state index contributed by atoms with van der Waals surface area (Å²) in [5.41, 5.74) is 8.46. The van der Waals surface area contributed by atoms with Crippen LogP contribution in [0.3, 0.4) is 0 Å². The second kappa shape index (κ2) is 7.27. The lowest BCUT2D eigenvalue weighted by Gasteiger charge is -2.30. The Kier molecular flexibility index (Phi) is 5.11. The maximum Gasteiger partial charge on any atom is 0.241 e. The predicted octanol–water partition coefficient (Wildman–Crippen LogP) is 1.93. The summed E-state index contributed by atoms with van der Waals surface area (Å²) in [6.45, 7) is 7.43. The van der Waals surface area contributed by atoms with Gasteiger partial charge in [0.1, 0.15) is 0 Å². The molecule has 1 aliphatic heterocycles. The van der Waals surface area contributed by atoms with Gasteiger partial charge in [-0.05, 0) is 63.9 Å². The summed E-state index contributed by atoms with van der Waals surface area (Å²) in [6, 6.07) is 1.99. The number of nitrogens with zero attached hydrogens (tertiary/aromatic N) is 4. The molecule has 0 atom stereocenters. The molecule has 0 amide bonds. The predicted molar refractivity (Wildman–Crippen MR) is 90.6 cm³/mol. The molecule has 7 heteroatoms. The van der Waals surface area contributed by atoms with E-state index in [1.54, 1.807) is 7.11 Å². The number of aryl methyl sites for hydroxylation is 2. The molecule has 0 bridgehead atoms. The summed E-state index contributed by atoms with van der Waals surface area (Å²) in [6.07, 6.45) is 2.26. The molecule has 0 unspecified atom stereocenters. The average molecular weight is 331 g/mol. The maximum atomic E-state index is 5.74. The van der Waals surface area contributed by atoms with Crippen LogP contribution in [0.15, 0.2) is 10.6 Å². The van der Waals surface area contributed by atoms with Crippen LogP contribution in [0, 0.1) is 19.8 Å². The van der Waals surface area contributed by atoms with E-state index in [1.807, 2.05) is 19.9 Å². The Bertz CT molecular complexity index is 692. The molecule has 2 aromatic heterocycles. The summed E-state index contributed by atoms with van der Waals surface area (Å²) >= 11 is 0. The molecule has 0 radical (unpaired) electrons. The summed E-state index contributed by atoms with van der Waals surface area (Å²) in [4.78, 5) is 11.3. The minimum absolute atomic E-state index is 0.531. The Morgan fingerprint density at radius 3 is 2.71 bits per heavy atom. The third kappa shape index (κ3) is 3.57. The largest absolute Gasteiger partial charge is 0.480 e. The van der Waals surface area contributed by atoms with Gasteiger partial charge in [-0.1, -0.05) is 5.16 Å². The van der Waals surface area contributed by atoms with Crippen molar-refractivity contribution in [1.82, 2.24) is 20.0 Å². The van der Waals surface area contributed by atoms with Crippen molar-refractivity contribution >= 4 is 0 Å². The van der Waals surface area contributed by atoms with Crippen LogP contribution in [0.5, 0.6) is 5.88 Å². The van der Waals surface area contributed by atoms with Gasteiger partial charge in [0.15, 0.2) is 0 Å². The molecular weight excluding hydrogens is 306 g/mol. The molecule has 0 aromatic carbocycles. The third-order valence-electron chi connectivity index (χ3n) is 4.60. The van der Waals surface area contributed by atoms with Crippen LogP contribution in [-0.4, -0.2) is 46.8 Å². The number of rotatable bonds is 5. The molecule has 1 saturated heterocycles. The second-order valence-corrected chi connectivity index (χ2v) is 6.43. The van der Waals surface area contributed by atoms with Crippen molar-refractivity contribution in [3.63, 3.8) is 0 Å². The van der Waals surface area contributed by atoms with Crippen LogP contribution >= 0.6 is 0 Å². The molecule has 3 heterocycles. The molecule has 0 saturated carbocycles. The number of piperidine rings is 1. The number of nitrogens with two attached hydrogens (primary N) is 1. The van der Waals surface area contributed by atoms with Crippen molar-refractivity contribution in [3.05, 3.63) is 23.2 Å². The van der Waals surface area contributed by atoms with Gasteiger partial charge in [0, 0.05) is 5.69 Å². The highest BCUT2D eigenvalue weighted by Gasteiger charge is 2.22. The minimum Gasteiger partial charge on any atom is -0.480 e. The van der Waals surface area contributed by atoms with Crippen LogP contribution in [0.2, 0.25) is 0 Å². The van der Waals surface area contributed by atoms with E-state index < -0.39 is 0 Å². The van der Waals surface area contributed by atoms with Gasteiger partial charge in [0.05, 0.1) is 19.2 Å². The van der Waals surface area contributed by atoms with E-state index in [4.69, 9.17) is 15.0 Å².